The first kappa shape index (κ1) is 23.5. The standard InChI is InChI=1S/C19H16BrF3N2O4S2/c1-3-29-15(26)10-25-17(16(20)18(24-25)19(21,22)23)14-8-7-13(30-14)11-5-4-6-12(9-11)31(2,27)28/h4-9H,3,10H2,1-2H3. The van der Waals surface area contributed by atoms with Gasteiger partial charge in [0.2, 0.25) is 0 Å². The summed E-state index contributed by atoms with van der Waals surface area (Å²) in [5.41, 5.74) is -0.473. The molecule has 0 saturated carbocycles. The lowest BCUT2D eigenvalue weighted by Gasteiger charge is -2.06. The minimum Gasteiger partial charge on any atom is -0.465 e. The molecule has 0 bridgehead atoms. The molecule has 0 radical (unpaired) electrons. The number of nitrogens with zero attached hydrogens (tertiary/aromatic N) is 2. The highest BCUT2D eigenvalue weighted by Crippen LogP contribution is 2.43. The fraction of sp³-hybridized carbons (Fsp3) is 0.263. The van der Waals surface area contributed by atoms with E-state index in [9.17, 15) is 26.4 Å². The van der Waals surface area contributed by atoms with Crippen molar-refractivity contribution in [2.45, 2.75) is 24.5 Å². The number of alkyl halides is 3. The second-order valence-corrected chi connectivity index (χ2v) is 10.3. The number of esters is 1. The van der Waals surface area contributed by atoms with Crippen molar-refractivity contribution < 1.29 is 31.1 Å². The molecule has 0 saturated heterocycles. The summed E-state index contributed by atoms with van der Waals surface area (Å²) < 4.78 is 69.3. The van der Waals surface area contributed by atoms with Crippen LogP contribution in [0.1, 0.15) is 12.6 Å². The quantitative estimate of drug-likeness (QED) is 0.413. The third kappa shape index (κ3) is 5.18. The van der Waals surface area contributed by atoms with E-state index in [1.165, 1.54) is 12.1 Å². The Morgan fingerprint density at radius 1 is 1.23 bits per heavy atom. The Morgan fingerprint density at radius 2 is 1.90 bits per heavy atom. The van der Waals surface area contributed by atoms with Crippen LogP contribution >= 0.6 is 27.3 Å². The summed E-state index contributed by atoms with van der Waals surface area (Å²) in [6.45, 7) is 1.19. The van der Waals surface area contributed by atoms with Crippen molar-refractivity contribution in [3.63, 3.8) is 0 Å². The summed E-state index contributed by atoms with van der Waals surface area (Å²) in [5.74, 6) is -0.717. The molecule has 0 atom stereocenters. The van der Waals surface area contributed by atoms with Gasteiger partial charge in [-0.3, -0.25) is 9.48 Å². The van der Waals surface area contributed by atoms with Crippen molar-refractivity contribution in [1.29, 1.82) is 0 Å². The fourth-order valence-electron chi connectivity index (χ4n) is 2.80. The SMILES string of the molecule is CCOC(=O)Cn1nc(C(F)(F)F)c(Br)c1-c1ccc(-c2cccc(S(C)(=O)=O)c2)s1. The average Bonchev–Trinajstić information content (AvgIpc) is 3.25. The lowest BCUT2D eigenvalue weighted by atomic mass is 10.2. The third-order valence-corrected chi connectivity index (χ3v) is 7.14. The van der Waals surface area contributed by atoms with Gasteiger partial charge < -0.3 is 4.74 Å². The summed E-state index contributed by atoms with van der Waals surface area (Å²) in [4.78, 5) is 13.1. The zero-order valence-electron chi connectivity index (χ0n) is 16.2. The molecule has 0 fully saturated rings. The molecule has 0 unspecified atom stereocenters. The van der Waals surface area contributed by atoms with Crippen molar-refractivity contribution in [1.82, 2.24) is 9.78 Å². The molecule has 3 aromatic rings. The zero-order chi connectivity index (χ0) is 23.0. The third-order valence-electron chi connectivity index (χ3n) is 4.13. The molecule has 0 N–H and O–H groups in total. The van der Waals surface area contributed by atoms with Crippen LogP contribution in [0.4, 0.5) is 13.2 Å². The van der Waals surface area contributed by atoms with Gasteiger partial charge >= 0.3 is 12.1 Å². The number of sulfone groups is 1. The maximum atomic E-state index is 13.4. The molecule has 0 spiro atoms. The normalized spacial score (nSPS) is 12.2. The van der Waals surface area contributed by atoms with E-state index in [1.807, 2.05) is 0 Å². The Hall–Kier alpha value is -2.18. The molecule has 3 rings (SSSR count). The maximum absolute atomic E-state index is 13.4. The Kier molecular flexibility index (Phi) is 6.63. The summed E-state index contributed by atoms with van der Waals surface area (Å²) in [5, 5.41) is 3.58. The van der Waals surface area contributed by atoms with Gasteiger partial charge in [0.25, 0.3) is 0 Å². The maximum Gasteiger partial charge on any atom is 0.436 e. The smallest absolute Gasteiger partial charge is 0.436 e. The number of thiophene rings is 1. The molecule has 31 heavy (non-hydrogen) atoms. The van der Waals surface area contributed by atoms with Crippen molar-refractivity contribution >= 4 is 43.1 Å². The Morgan fingerprint density at radius 3 is 2.52 bits per heavy atom. The molecule has 12 heteroatoms. The molecule has 0 aliphatic heterocycles. The molecule has 2 aromatic heterocycles. The number of rotatable bonds is 6. The number of hydrogen-bond acceptors (Lipinski definition) is 6. The minimum atomic E-state index is -4.72. The minimum absolute atomic E-state index is 0.0795. The predicted octanol–water partition coefficient (Wildman–Crippen LogP) is 5.03. The van der Waals surface area contributed by atoms with Crippen LogP contribution in [0, 0.1) is 0 Å². The van der Waals surface area contributed by atoms with E-state index in [1.54, 1.807) is 31.2 Å². The first-order valence-corrected chi connectivity index (χ1v) is 12.3. The van der Waals surface area contributed by atoms with Crippen molar-refractivity contribution in [3.8, 4) is 21.0 Å². The van der Waals surface area contributed by atoms with Gasteiger partial charge in [0, 0.05) is 11.1 Å². The highest BCUT2D eigenvalue weighted by molar-refractivity contribution is 9.10. The van der Waals surface area contributed by atoms with Gasteiger partial charge in [0.05, 0.1) is 26.5 Å². The number of aromatic nitrogens is 2. The van der Waals surface area contributed by atoms with Gasteiger partial charge in [0.1, 0.15) is 6.54 Å². The predicted molar refractivity (Wildman–Crippen MR) is 113 cm³/mol. The average molecular weight is 537 g/mol. The van der Waals surface area contributed by atoms with Gasteiger partial charge in [0.15, 0.2) is 15.5 Å². The number of halogens is 4. The topological polar surface area (TPSA) is 78.3 Å². The van der Waals surface area contributed by atoms with Crippen LogP contribution in [0.15, 0.2) is 45.8 Å². The number of ether oxygens (including phenoxy) is 1. The summed E-state index contributed by atoms with van der Waals surface area (Å²) in [6.07, 6.45) is -3.63. The van der Waals surface area contributed by atoms with Crippen LogP contribution < -0.4 is 0 Å². The van der Waals surface area contributed by atoms with Crippen molar-refractivity contribution in [2.75, 3.05) is 12.9 Å². The van der Waals surface area contributed by atoms with E-state index >= 15 is 0 Å². The lowest BCUT2D eigenvalue weighted by molar-refractivity contribution is -0.146. The van der Waals surface area contributed by atoms with E-state index < -0.39 is 34.2 Å². The van der Waals surface area contributed by atoms with Gasteiger partial charge in [-0.25, -0.2) is 8.42 Å². The summed E-state index contributed by atoms with van der Waals surface area (Å²) in [7, 11) is -3.42. The summed E-state index contributed by atoms with van der Waals surface area (Å²) >= 11 is 4.12. The Balaban J connectivity index is 2.08. The zero-order valence-corrected chi connectivity index (χ0v) is 19.5. The summed E-state index contributed by atoms with van der Waals surface area (Å²) in [6, 6.07) is 9.52. The first-order chi connectivity index (χ1) is 14.4. The van der Waals surface area contributed by atoms with Crippen LogP contribution in [0.25, 0.3) is 21.0 Å². The number of carbonyl (C=O) groups is 1. The van der Waals surface area contributed by atoms with Crippen LogP contribution in [0.5, 0.6) is 0 Å². The first-order valence-electron chi connectivity index (χ1n) is 8.81. The van der Waals surface area contributed by atoms with Crippen LogP contribution in [-0.2, 0) is 32.1 Å². The Labute approximate surface area is 188 Å². The van der Waals surface area contributed by atoms with E-state index in [2.05, 4.69) is 21.0 Å². The molecule has 0 amide bonds. The fourth-order valence-corrected chi connectivity index (χ4v) is 5.38. The molecular formula is C19H16BrF3N2O4S2. The number of benzene rings is 1. The molecule has 6 nitrogen and oxygen atoms in total. The lowest BCUT2D eigenvalue weighted by Crippen LogP contribution is -2.16. The van der Waals surface area contributed by atoms with E-state index in [0.717, 1.165) is 22.3 Å². The largest absolute Gasteiger partial charge is 0.465 e. The van der Waals surface area contributed by atoms with Gasteiger partial charge in [-0.05, 0) is 52.7 Å². The molecular weight excluding hydrogens is 521 g/mol. The van der Waals surface area contributed by atoms with E-state index in [-0.39, 0.29) is 21.7 Å². The Bertz CT molecular complexity index is 1230. The second kappa shape index (κ2) is 8.75. The van der Waals surface area contributed by atoms with E-state index in [0.29, 0.717) is 15.3 Å². The monoisotopic (exact) mass is 536 g/mol. The molecule has 1 aromatic carbocycles. The van der Waals surface area contributed by atoms with Crippen LogP contribution in [0.3, 0.4) is 0 Å². The number of hydrogen-bond donors (Lipinski definition) is 0. The second-order valence-electron chi connectivity index (χ2n) is 6.44. The number of carbonyl (C=O) groups excluding carboxylic acids is 1. The molecule has 2 heterocycles. The van der Waals surface area contributed by atoms with E-state index in [4.69, 9.17) is 4.74 Å². The molecule has 0 aliphatic rings. The van der Waals surface area contributed by atoms with Crippen molar-refractivity contribution in [2.24, 2.45) is 0 Å². The van der Waals surface area contributed by atoms with Gasteiger partial charge in [-0.15, -0.1) is 11.3 Å². The van der Waals surface area contributed by atoms with Gasteiger partial charge in [-0.1, -0.05) is 12.1 Å². The van der Waals surface area contributed by atoms with Crippen LogP contribution in [0.2, 0.25) is 0 Å². The molecule has 0 aliphatic carbocycles. The van der Waals surface area contributed by atoms with Gasteiger partial charge in [-0.2, -0.15) is 18.3 Å². The highest BCUT2D eigenvalue weighted by atomic mass is 79.9. The van der Waals surface area contributed by atoms with Crippen LogP contribution in [-0.4, -0.2) is 37.0 Å². The van der Waals surface area contributed by atoms with Crippen molar-refractivity contribution in [3.05, 3.63) is 46.6 Å². The molecule has 166 valence electrons. The highest BCUT2D eigenvalue weighted by Gasteiger charge is 2.39.